The Hall–Kier alpha value is -2.41. The minimum absolute atomic E-state index is 0. The van der Waals surface area contributed by atoms with Crippen molar-refractivity contribution >= 4 is 57.8 Å². The molecule has 2 aromatic heterocycles. The molecule has 0 radical (unpaired) electrons. The fourth-order valence-corrected chi connectivity index (χ4v) is 3.76. The van der Waals surface area contributed by atoms with Crippen LogP contribution in [0.4, 0.5) is 15.9 Å². The molecule has 8 heteroatoms. The summed E-state index contributed by atoms with van der Waals surface area (Å²) in [6.07, 6.45) is 1.53. The number of hydrogen-bond acceptors (Lipinski definition) is 5. The largest absolute Gasteiger partial charge is 0.487 e. The Balaban J connectivity index is 0.00000225. The third kappa shape index (κ3) is 4.19. The Labute approximate surface area is 176 Å². The second-order valence-electron chi connectivity index (χ2n) is 5.92. The number of thiophene rings is 1. The third-order valence-corrected chi connectivity index (χ3v) is 5.31. The molecule has 144 valence electrons. The fraction of sp³-hybridized carbons (Fsp3) is 0.100. The van der Waals surface area contributed by atoms with Crippen molar-refractivity contribution in [3.05, 3.63) is 75.5 Å². The van der Waals surface area contributed by atoms with E-state index >= 15 is 0 Å². The summed E-state index contributed by atoms with van der Waals surface area (Å²) < 4.78 is 19.4. The number of aryl methyl sites for hydroxylation is 1. The van der Waals surface area contributed by atoms with Gasteiger partial charge in [0.25, 0.3) is 0 Å². The number of ether oxygens (including phenoxy) is 1. The Morgan fingerprint density at radius 2 is 2.00 bits per heavy atom. The van der Waals surface area contributed by atoms with Crippen LogP contribution in [0.1, 0.15) is 10.4 Å². The van der Waals surface area contributed by atoms with Gasteiger partial charge in [-0.2, -0.15) is 0 Å². The molecule has 1 N–H and O–H groups in total. The lowest BCUT2D eigenvalue weighted by Gasteiger charge is -2.12. The maximum Gasteiger partial charge on any atom is 0.142 e. The predicted molar refractivity (Wildman–Crippen MR) is 115 cm³/mol. The van der Waals surface area contributed by atoms with Crippen LogP contribution in [-0.4, -0.2) is 9.97 Å². The van der Waals surface area contributed by atoms with Crippen LogP contribution in [0.15, 0.2) is 54.2 Å². The number of anilines is 2. The van der Waals surface area contributed by atoms with Gasteiger partial charge in [-0.15, -0.1) is 23.7 Å². The number of halogens is 3. The van der Waals surface area contributed by atoms with Crippen LogP contribution in [0.25, 0.3) is 10.9 Å². The predicted octanol–water partition coefficient (Wildman–Crippen LogP) is 6.54. The molecule has 0 bridgehead atoms. The van der Waals surface area contributed by atoms with Gasteiger partial charge in [-0.3, -0.25) is 0 Å². The quantitative estimate of drug-likeness (QED) is 0.386. The zero-order valence-corrected chi connectivity index (χ0v) is 17.2. The maximum atomic E-state index is 13.7. The van der Waals surface area contributed by atoms with Gasteiger partial charge in [0.2, 0.25) is 0 Å². The molecule has 0 unspecified atom stereocenters. The summed E-state index contributed by atoms with van der Waals surface area (Å²) in [5.41, 5.74) is 2.17. The summed E-state index contributed by atoms with van der Waals surface area (Å²) in [6.45, 7) is 2.15. The molecule has 4 nitrogen and oxygen atoms in total. The number of fused-ring (bicyclic) bond motifs is 1. The van der Waals surface area contributed by atoms with Gasteiger partial charge in [0, 0.05) is 21.5 Å². The molecule has 0 amide bonds. The highest BCUT2D eigenvalue weighted by atomic mass is 35.5. The number of hydrogen-bond donors (Lipinski definition) is 1. The molecule has 0 aliphatic rings. The summed E-state index contributed by atoms with van der Waals surface area (Å²) in [6, 6.07) is 11.9. The molecule has 0 saturated heterocycles. The first kappa shape index (κ1) is 20.3. The van der Waals surface area contributed by atoms with Gasteiger partial charge in [-0.05, 0) is 31.2 Å². The lowest BCUT2D eigenvalue weighted by atomic mass is 10.2. The first-order valence-corrected chi connectivity index (χ1v) is 9.49. The molecule has 0 saturated carbocycles. The van der Waals surface area contributed by atoms with E-state index in [0.29, 0.717) is 16.3 Å². The van der Waals surface area contributed by atoms with Crippen LogP contribution in [-0.2, 0) is 6.61 Å². The maximum absolute atomic E-state index is 13.7. The molecular weight excluding hydrogens is 420 g/mol. The van der Waals surface area contributed by atoms with Crippen molar-refractivity contribution in [3.63, 3.8) is 0 Å². The smallest absolute Gasteiger partial charge is 0.142 e. The average molecular weight is 436 g/mol. The molecule has 0 aliphatic carbocycles. The Morgan fingerprint density at radius 3 is 2.79 bits per heavy atom. The summed E-state index contributed by atoms with van der Waals surface area (Å²) in [5.74, 6) is 0.922. The van der Waals surface area contributed by atoms with Gasteiger partial charge in [0.1, 0.15) is 30.3 Å². The summed E-state index contributed by atoms with van der Waals surface area (Å²) >= 11 is 7.98. The summed E-state index contributed by atoms with van der Waals surface area (Å²) in [4.78, 5) is 9.76. The van der Waals surface area contributed by atoms with Crippen LogP contribution in [0.2, 0.25) is 5.02 Å². The highest BCUT2D eigenvalue weighted by Gasteiger charge is 2.11. The SMILES string of the molecule is Cc1scc2ncnc(Nc3ccc(OCc4ccccc4F)c(Cl)c3)c12.Cl. The van der Waals surface area contributed by atoms with Crippen LogP contribution in [0.5, 0.6) is 5.75 Å². The summed E-state index contributed by atoms with van der Waals surface area (Å²) in [5, 5.41) is 6.72. The van der Waals surface area contributed by atoms with Crippen molar-refractivity contribution in [2.75, 3.05) is 5.32 Å². The van der Waals surface area contributed by atoms with Crippen molar-refractivity contribution in [3.8, 4) is 5.75 Å². The van der Waals surface area contributed by atoms with Gasteiger partial charge in [0.05, 0.1) is 15.9 Å². The van der Waals surface area contributed by atoms with E-state index in [2.05, 4.69) is 15.3 Å². The van der Waals surface area contributed by atoms with Crippen molar-refractivity contribution in [1.82, 2.24) is 9.97 Å². The molecule has 0 spiro atoms. The lowest BCUT2D eigenvalue weighted by molar-refractivity contribution is 0.300. The third-order valence-electron chi connectivity index (χ3n) is 4.11. The fourth-order valence-electron chi connectivity index (χ4n) is 2.74. The monoisotopic (exact) mass is 435 g/mol. The van der Waals surface area contributed by atoms with Gasteiger partial charge < -0.3 is 10.1 Å². The average Bonchev–Trinajstić information content (AvgIpc) is 3.04. The second kappa shape index (κ2) is 8.73. The highest BCUT2D eigenvalue weighted by Crippen LogP contribution is 2.33. The number of benzene rings is 2. The lowest BCUT2D eigenvalue weighted by Crippen LogP contribution is -1.99. The summed E-state index contributed by atoms with van der Waals surface area (Å²) in [7, 11) is 0. The number of nitrogens with zero attached hydrogens (tertiary/aromatic N) is 2. The van der Waals surface area contributed by atoms with E-state index in [4.69, 9.17) is 16.3 Å². The molecular formula is C20H16Cl2FN3OS. The normalized spacial score (nSPS) is 10.5. The Bertz CT molecular complexity index is 1120. The molecule has 4 rings (SSSR count). The highest BCUT2D eigenvalue weighted by molar-refractivity contribution is 7.11. The van der Waals surface area contributed by atoms with Crippen LogP contribution in [0, 0.1) is 12.7 Å². The van der Waals surface area contributed by atoms with Gasteiger partial charge in [-0.1, -0.05) is 29.8 Å². The van der Waals surface area contributed by atoms with Crippen LogP contribution >= 0.6 is 35.3 Å². The van der Waals surface area contributed by atoms with E-state index in [-0.39, 0.29) is 24.8 Å². The standard InChI is InChI=1S/C20H15ClFN3OS.ClH/c1-12-19-17(10-27-12)23-11-24-20(19)25-14-6-7-18(15(21)8-14)26-9-13-4-2-3-5-16(13)22;/h2-8,10-11H,9H2,1H3,(H,23,24,25);1H. The molecule has 0 aliphatic heterocycles. The molecule has 0 atom stereocenters. The second-order valence-corrected chi connectivity index (χ2v) is 7.42. The van der Waals surface area contributed by atoms with E-state index in [1.54, 1.807) is 41.7 Å². The van der Waals surface area contributed by atoms with Gasteiger partial charge in [0.15, 0.2) is 0 Å². The zero-order valence-electron chi connectivity index (χ0n) is 14.8. The van der Waals surface area contributed by atoms with E-state index in [1.807, 2.05) is 18.4 Å². The zero-order chi connectivity index (χ0) is 18.8. The van der Waals surface area contributed by atoms with E-state index in [9.17, 15) is 4.39 Å². The van der Waals surface area contributed by atoms with E-state index in [0.717, 1.165) is 27.3 Å². The molecule has 2 heterocycles. The number of rotatable bonds is 5. The van der Waals surface area contributed by atoms with E-state index < -0.39 is 0 Å². The topological polar surface area (TPSA) is 47.0 Å². The van der Waals surface area contributed by atoms with Crippen molar-refractivity contribution in [1.29, 1.82) is 0 Å². The Morgan fingerprint density at radius 1 is 1.18 bits per heavy atom. The number of nitrogens with one attached hydrogen (secondary N) is 1. The molecule has 4 aromatic rings. The van der Waals surface area contributed by atoms with Crippen LogP contribution in [0.3, 0.4) is 0 Å². The first-order chi connectivity index (χ1) is 13.1. The van der Waals surface area contributed by atoms with Crippen LogP contribution < -0.4 is 10.1 Å². The number of aromatic nitrogens is 2. The first-order valence-electron chi connectivity index (χ1n) is 8.23. The van der Waals surface area contributed by atoms with E-state index in [1.165, 1.54) is 12.4 Å². The van der Waals surface area contributed by atoms with Crippen molar-refractivity contribution in [2.24, 2.45) is 0 Å². The minimum atomic E-state index is -0.300. The minimum Gasteiger partial charge on any atom is -0.487 e. The molecule has 2 aromatic carbocycles. The van der Waals surface area contributed by atoms with Gasteiger partial charge >= 0.3 is 0 Å². The van der Waals surface area contributed by atoms with Crippen molar-refractivity contribution < 1.29 is 9.13 Å². The van der Waals surface area contributed by atoms with Crippen molar-refractivity contribution in [2.45, 2.75) is 13.5 Å². The molecule has 0 fully saturated rings. The molecule has 28 heavy (non-hydrogen) atoms. The Kier molecular flexibility index (Phi) is 6.34. The van der Waals surface area contributed by atoms with Gasteiger partial charge in [-0.25, -0.2) is 14.4 Å².